The first-order valence-corrected chi connectivity index (χ1v) is 7.50. The maximum absolute atomic E-state index is 11.4. The second-order valence-corrected chi connectivity index (χ2v) is 6.22. The highest BCUT2D eigenvalue weighted by atomic mass is 32.2. The molecule has 2 aliphatic carbocycles. The molecular formula is C15H13NO2S. The number of fused-ring (bicyclic) bond motifs is 2. The minimum atomic E-state index is -3.61. The minimum Gasteiger partial charge on any atom is -0.225 e. The third kappa shape index (κ3) is 2.32. The minimum absolute atomic E-state index is 0.259. The Morgan fingerprint density at radius 1 is 0.947 bits per heavy atom. The number of nitrogens with two attached hydrogens (primary N) is 1. The van der Waals surface area contributed by atoms with E-state index in [0.29, 0.717) is 6.42 Å². The number of rotatable bonds is 1. The standard InChI is InChI=1S/C15H13NO2S/c16-19(17,18)15-8-7-13-9-12-4-2-1-3-11(12)5-6-14(13)10-15/h1-9H,10H2,(H2,16,17,18). The van der Waals surface area contributed by atoms with Crippen LogP contribution in [0.25, 0.3) is 12.2 Å². The van der Waals surface area contributed by atoms with Crippen molar-refractivity contribution in [3.05, 3.63) is 69.0 Å². The van der Waals surface area contributed by atoms with Crippen molar-refractivity contribution in [1.29, 1.82) is 0 Å². The summed E-state index contributed by atoms with van der Waals surface area (Å²) in [7, 11) is -3.61. The third-order valence-corrected chi connectivity index (χ3v) is 4.33. The van der Waals surface area contributed by atoms with Crippen LogP contribution in [0, 0.1) is 0 Å². The van der Waals surface area contributed by atoms with Crippen LogP contribution in [0.5, 0.6) is 0 Å². The van der Waals surface area contributed by atoms with E-state index in [1.54, 1.807) is 6.08 Å². The van der Waals surface area contributed by atoms with Gasteiger partial charge in [-0.1, -0.05) is 42.5 Å². The molecule has 0 aromatic heterocycles. The summed E-state index contributed by atoms with van der Waals surface area (Å²) < 4.78 is 22.8. The lowest BCUT2D eigenvalue weighted by atomic mass is 9.97. The number of sulfonamides is 1. The maximum atomic E-state index is 11.4. The van der Waals surface area contributed by atoms with Gasteiger partial charge in [0.2, 0.25) is 10.0 Å². The predicted octanol–water partition coefficient (Wildman–Crippen LogP) is 0.690. The van der Waals surface area contributed by atoms with Crippen LogP contribution >= 0.6 is 0 Å². The Labute approximate surface area is 111 Å². The molecule has 0 atom stereocenters. The SMILES string of the molecule is NS(=O)(=O)C1=CC=C2C=c3ccccc3=CC=C2C1. The largest absolute Gasteiger partial charge is 0.234 e. The second kappa shape index (κ2) is 4.33. The summed E-state index contributed by atoms with van der Waals surface area (Å²) in [5.74, 6) is 0. The van der Waals surface area contributed by atoms with Gasteiger partial charge < -0.3 is 0 Å². The quantitative estimate of drug-likeness (QED) is 0.817. The molecule has 0 saturated carbocycles. The highest BCUT2D eigenvalue weighted by Gasteiger charge is 2.18. The molecule has 0 unspecified atom stereocenters. The van der Waals surface area contributed by atoms with Crippen molar-refractivity contribution in [1.82, 2.24) is 0 Å². The lowest BCUT2D eigenvalue weighted by Crippen LogP contribution is -2.22. The van der Waals surface area contributed by atoms with Gasteiger partial charge in [0.05, 0.1) is 4.91 Å². The zero-order chi connectivity index (χ0) is 13.5. The summed E-state index contributed by atoms with van der Waals surface area (Å²) in [6, 6.07) is 8.05. The van der Waals surface area contributed by atoms with Crippen LogP contribution in [0.3, 0.4) is 0 Å². The Morgan fingerprint density at radius 2 is 1.68 bits per heavy atom. The van der Waals surface area contributed by atoms with Gasteiger partial charge in [-0.05, 0) is 33.7 Å². The number of benzene rings is 1. The highest BCUT2D eigenvalue weighted by Crippen LogP contribution is 2.28. The Balaban J connectivity index is 2.18. The fourth-order valence-corrected chi connectivity index (χ4v) is 2.90. The van der Waals surface area contributed by atoms with Gasteiger partial charge in [-0.3, -0.25) is 0 Å². The molecule has 0 spiro atoms. The smallest absolute Gasteiger partial charge is 0.225 e. The number of hydrogen-bond donors (Lipinski definition) is 1. The molecule has 2 aliphatic rings. The fraction of sp³-hybridized carbons (Fsp3) is 0.0667. The van der Waals surface area contributed by atoms with Crippen LogP contribution in [0.2, 0.25) is 0 Å². The van der Waals surface area contributed by atoms with E-state index < -0.39 is 10.0 Å². The summed E-state index contributed by atoms with van der Waals surface area (Å²) in [5.41, 5.74) is 2.01. The molecule has 0 fully saturated rings. The maximum Gasteiger partial charge on any atom is 0.234 e. The van der Waals surface area contributed by atoms with Crippen molar-refractivity contribution in [2.45, 2.75) is 6.42 Å². The van der Waals surface area contributed by atoms with Crippen LogP contribution in [0.1, 0.15) is 6.42 Å². The van der Waals surface area contributed by atoms with Gasteiger partial charge >= 0.3 is 0 Å². The van der Waals surface area contributed by atoms with E-state index in [0.717, 1.165) is 21.6 Å². The zero-order valence-corrected chi connectivity index (χ0v) is 11.0. The molecule has 0 radical (unpaired) electrons. The molecule has 0 aliphatic heterocycles. The molecule has 1 aromatic carbocycles. The molecular weight excluding hydrogens is 258 g/mol. The topological polar surface area (TPSA) is 60.2 Å². The normalized spacial score (nSPS) is 17.6. The van der Waals surface area contributed by atoms with Gasteiger partial charge in [0.1, 0.15) is 0 Å². The van der Waals surface area contributed by atoms with E-state index >= 15 is 0 Å². The molecule has 2 N–H and O–H groups in total. The molecule has 4 heteroatoms. The van der Waals surface area contributed by atoms with Gasteiger partial charge in [-0.2, -0.15) is 0 Å². The second-order valence-electron chi connectivity index (χ2n) is 4.61. The van der Waals surface area contributed by atoms with Crippen molar-refractivity contribution in [2.75, 3.05) is 0 Å². The van der Waals surface area contributed by atoms with Crippen molar-refractivity contribution in [3.63, 3.8) is 0 Å². The van der Waals surface area contributed by atoms with E-state index in [4.69, 9.17) is 5.14 Å². The molecule has 0 heterocycles. The molecule has 0 saturated heterocycles. The van der Waals surface area contributed by atoms with Crippen LogP contribution in [-0.2, 0) is 10.0 Å². The van der Waals surface area contributed by atoms with Gasteiger partial charge in [0.25, 0.3) is 0 Å². The van der Waals surface area contributed by atoms with E-state index in [1.807, 2.05) is 42.5 Å². The lowest BCUT2D eigenvalue weighted by Gasteiger charge is -2.14. The van der Waals surface area contributed by atoms with Crippen molar-refractivity contribution >= 4 is 22.2 Å². The van der Waals surface area contributed by atoms with Crippen LogP contribution in [0.15, 0.2) is 58.5 Å². The first-order valence-electron chi connectivity index (χ1n) is 5.96. The lowest BCUT2D eigenvalue weighted by molar-refractivity contribution is 0.602. The number of allylic oxidation sites excluding steroid dienone is 6. The molecule has 0 bridgehead atoms. The van der Waals surface area contributed by atoms with Gasteiger partial charge in [-0.25, -0.2) is 13.6 Å². The fourth-order valence-electron chi connectivity index (χ4n) is 2.28. The molecule has 3 rings (SSSR count). The van der Waals surface area contributed by atoms with Gasteiger partial charge in [0.15, 0.2) is 0 Å². The Hall–Kier alpha value is -1.91. The molecule has 19 heavy (non-hydrogen) atoms. The first-order chi connectivity index (χ1) is 9.04. The number of primary sulfonamides is 1. The van der Waals surface area contributed by atoms with Crippen LogP contribution < -0.4 is 15.6 Å². The highest BCUT2D eigenvalue weighted by molar-refractivity contribution is 7.93. The van der Waals surface area contributed by atoms with E-state index in [2.05, 4.69) is 6.08 Å². The Bertz CT molecular complexity index is 856. The van der Waals surface area contributed by atoms with E-state index in [9.17, 15) is 8.42 Å². The van der Waals surface area contributed by atoms with Crippen LogP contribution in [-0.4, -0.2) is 8.42 Å². The predicted molar refractivity (Wildman–Crippen MR) is 76.6 cm³/mol. The summed E-state index contributed by atoms with van der Waals surface area (Å²) in [6.45, 7) is 0. The average molecular weight is 271 g/mol. The summed E-state index contributed by atoms with van der Waals surface area (Å²) >= 11 is 0. The molecule has 3 nitrogen and oxygen atoms in total. The van der Waals surface area contributed by atoms with Crippen molar-refractivity contribution in [3.8, 4) is 0 Å². The first kappa shape index (κ1) is 12.1. The molecule has 96 valence electrons. The van der Waals surface area contributed by atoms with Gasteiger partial charge in [0, 0.05) is 6.42 Å². The summed E-state index contributed by atoms with van der Waals surface area (Å²) in [5, 5.41) is 7.44. The van der Waals surface area contributed by atoms with Crippen molar-refractivity contribution < 1.29 is 8.42 Å². The summed E-state index contributed by atoms with van der Waals surface area (Å²) in [6.07, 6.45) is 9.80. The summed E-state index contributed by atoms with van der Waals surface area (Å²) in [4.78, 5) is 0.259. The third-order valence-electron chi connectivity index (χ3n) is 3.32. The average Bonchev–Trinajstić information content (AvgIpc) is 2.55. The zero-order valence-electron chi connectivity index (χ0n) is 10.2. The van der Waals surface area contributed by atoms with Gasteiger partial charge in [-0.15, -0.1) is 0 Å². The Kier molecular flexibility index (Phi) is 2.77. The molecule has 0 amide bonds. The number of hydrogen-bond acceptors (Lipinski definition) is 2. The van der Waals surface area contributed by atoms with Crippen LogP contribution in [0.4, 0.5) is 0 Å². The monoisotopic (exact) mass is 271 g/mol. The Morgan fingerprint density at radius 3 is 2.42 bits per heavy atom. The van der Waals surface area contributed by atoms with E-state index in [-0.39, 0.29) is 4.91 Å². The molecule has 1 aromatic rings. The van der Waals surface area contributed by atoms with Crippen molar-refractivity contribution in [2.24, 2.45) is 5.14 Å². The van der Waals surface area contributed by atoms with E-state index in [1.165, 1.54) is 0 Å².